The number of esters is 1. The molecule has 1 atom stereocenters. The van der Waals surface area contributed by atoms with E-state index in [1.807, 2.05) is 6.92 Å². The minimum atomic E-state index is -1.15. The van der Waals surface area contributed by atoms with Crippen LogP contribution in [-0.2, 0) is 25.4 Å². The summed E-state index contributed by atoms with van der Waals surface area (Å²) in [6.07, 6.45) is 20.7. The van der Waals surface area contributed by atoms with Gasteiger partial charge in [-0.2, -0.15) is 0 Å². The number of carbonyl (C=O) groups is 1. The second-order valence-corrected chi connectivity index (χ2v) is 21.0. The Morgan fingerprint density at radius 1 is 0.840 bits per heavy atom. The van der Waals surface area contributed by atoms with Gasteiger partial charge in [-0.25, -0.2) is 0 Å². The summed E-state index contributed by atoms with van der Waals surface area (Å²) in [6, 6.07) is 3.28. The summed E-state index contributed by atoms with van der Waals surface area (Å²) in [4.78, 5) is 11.6. The number of rotatable bonds is 23. The van der Waals surface area contributed by atoms with Gasteiger partial charge in [-0.1, -0.05) is 66.2 Å². The molecule has 1 unspecified atom stereocenters. The van der Waals surface area contributed by atoms with E-state index in [2.05, 4.69) is 91.6 Å². The van der Waals surface area contributed by atoms with E-state index in [1.54, 1.807) is 0 Å². The molecular formula is C43H70O6Si. The second-order valence-electron chi connectivity index (χ2n) is 15.3. The number of benzene rings is 1. The molecule has 0 aromatic heterocycles. The Labute approximate surface area is 306 Å². The average molecular weight is 711 g/mol. The Kier molecular flexibility index (Phi) is 20.7. The summed E-state index contributed by atoms with van der Waals surface area (Å²) in [5.74, 6) is 1.70. The molecule has 0 radical (unpaired) electrons. The van der Waals surface area contributed by atoms with Crippen molar-refractivity contribution in [1.29, 1.82) is 0 Å². The Morgan fingerprint density at radius 2 is 1.44 bits per heavy atom. The normalized spacial score (nSPS) is 16.5. The van der Waals surface area contributed by atoms with Gasteiger partial charge in [0.25, 0.3) is 0 Å². The van der Waals surface area contributed by atoms with Crippen LogP contribution < -0.4 is 9.47 Å². The fourth-order valence-corrected chi connectivity index (χ4v) is 6.51. The summed E-state index contributed by atoms with van der Waals surface area (Å²) in [5, 5.41) is 0. The Balaban J connectivity index is 1.92. The SMILES string of the molecule is CCOC(=O)CC/C(C)=C/CC/C(C)=C/CC/C(C)=C/CC/C(C)=C/Cc1cc(OC2CCCCO2)c(C)c(C)c1OCOCC[Si](C)(C)C. The van der Waals surface area contributed by atoms with Crippen molar-refractivity contribution in [3.63, 3.8) is 0 Å². The lowest BCUT2D eigenvalue weighted by Gasteiger charge is -2.26. The summed E-state index contributed by atoms with van der Waals surface area (Å²) in [6.45, 7) is 24.2. The van der Waals surface area contributed by atoms with Crippen LogP contribution in [0, 0.1) is 13.8 Å². The van der Waals surface area contributed by atoms with Gasteiger partial charge in [-0.3, -0.25) is 4.79 Å². The number of hydrogen-bond acceptors (Lipinski definition) is 6. The van der Waals surface area contributed by atoms with Crippen molar-refractivity contribution in [2.24, 2.45) is 0 Å². The lowest BCUT2D eigenvalue weighted by atomic mass is 9.99. The Hall–Kier alpha value is -2.61. The van der Waals surface area contributed by atoms with Gasteiger partial charge >= 0.3 is 5.97 Å². The monoisotopic (exact) mass is 710 g/mol. The van der Waals surface area contributed by atoms with Crippen molar-refractivity contribution < 1.29 is 28.5 Å². The Morgan fingerprint density at radius 3 is 2.00 bits per heavy atom. The smallest absolute Gasteiger partial charge is 0.306 e. The van der Waals surface area contributed by atoms with Crippen LogP contribution in [0.5, 0.6) is 11.5 Å². The molecule has 1 heterocycles. The maximum atomic E-state index is 11.6. The van der Waals surface area contributed by atoms with E-state index in [9.17, 15) is 4.79 Å². The molecule has 6 nitrogen and oxygen atoms in total. The molecule has 0 saturated carbocycles. The molecule has 0 spiro atoms. The van der Waals surface area contributed by atoms with Crippen molar-refractivity contribution in [2.45, 2.75) is 157 Å². The summed E-state index contributed by atoms with van der Waals surface area (Å²) < 4.78 is 29.5. The van der Waals surface area contributed by atoms with Crippen LogP contribution >= 0.6 is 0 Å². The van der Waals surface area contributed by atoms with Crippen LogP contribution in [0.3, 0.4) is 0 Å². The van der Waals surface area contributed by atoms with Gasteiger partial charge in [0.15, 0.2) is 13.1 Å². The van der Waals surface area contributed by atoms with Gasteiger partial charge in [0.05, 0.1) is 13.2 Å². The maximum Gasteiger partial charge on any atom is 0.306 e. The first-order chi connectivity index (χ1) is 23.8. The summed E-state index contributed by atoms with van der Waals surface area (Å²) >= 11 is 0. The number of ether oxygens (including phenoxy) is 5. The topological polar surface area (TPSA) is 63.2 Å². The van der Waals surface area contributed by atoms with Gasteiger partial charge in [0.1, 0.15) is 11.5 Å². The standard InChI is InChI=1S/C43H70O6Si/c1-11-46-41(44)27-25-36(5)22-16-20-34(3)18-14-17-33(2)19-15-21-35(4)24-26-39-31-40(49-42-23-12-13-28-47-42)37(6)38(7)43(39)48-32-45-29-30-50(8,9)10/h18-19,22,24,31,42H,11-17,20-21,23,25-30,32H2,1-10H3/b33-19+,34-18+,35-24+,36-22+. The fraction of sp³-hybridized carbons (Fsp3) is 0.651. The molecular weight excluding hydrogens is 641 g/mol. The predicted octanol–water partition coefficient (Wildman–Crippen LogP) is 11.9. The molecule has 0 N–H and O–H groups in total. The van der Waals surface area contributed by atoms with Gasteiger partial charge in [-0.05, 0) is 136 Å². The number of hydrogen-bond donors (Lipinski definition) is 0. The zero-order valence-corrected chi connectivity index (χ0v) is 34.4. The van der Waals surface area contributed by atoms with Crippen molar-refractivity contribution in [1.82, 2.24) is 0 Å². The van der Waals surface area contributed by atoms with E-state index < -0.39 is 8.07 Å². The van der Waals surface area contributed by atoms with Crippen LogP contribution in [0.2, 0.25) is 25.7 Å². The predicted molar refractivity (Wildman–Crippen MR) is 212 cm³/mol. The fourth-order valence-electron chi connectivity index (χ4n) is 5.75. The quantitative estimate of drug-likeness (QED) is 0.0370. The van der Waals surface area contributed by atoms with Crippen LogP contribution in [0.4, 0.5) is 0 Å². The first-order valence-corrected chi connectivity index (χ1v) is 22.9. The van der Waals surface area contributed by atoms with Crippen molar-refractivity contribution >= 4 is 14.0 Å². The van der Waals surface area contributed by atoms with Gasteiger partial charge < -0.3 is 23.7 Å². The van der Waals surface area contributed by atoms with E-state index in [4.69, 9.17) is 23.7 Å². The zero-order valence-electron chi connectivity index (χ0n) is 33.4. The molecule has 50 heavy (non-hydrogen) atoms. The van der Waals surface area contributed by atoms with Crippen LogP contribution in [-0.4, -0.2) is 46.9 Å². The minimum absolute atomic E-state index is 0.109. The molecule has 1 aliphatic rings. The minimum Gasteiger partial charge on any atom is -0.467 e. The summed E-state index contributed by atoms with van der Waals surface area (Å²) in [5.41, 5.74) is 8.85. The van der Waals surface area contributed by atoms with Crippen molar-refractivity contribution in [3.05, 3.63) is 69.4 Å². The zero-order chi connectivity index (χ0) is 36.9. The first kappa shape index (κ1) is 43.6. The largest absolute Gasteiger partial charge is 0.467 e. The van der Waals surface area contributed by atoms with E-state index in [0.29, 0.717) is 13.0 Å². The highest BCUT2D eigenvalue weighted by Crippen LogP contribution is 2.36. The third kappa shape index (κ3) is 18.6. The molecule has 1 aromatic rings. The van der Waals surface area contributed by atoms with Gasteiger partial charge in [0.2, 0.25) is 0 Å². The van der Waals surface area contributed by atoms with E-state index in [0.717, 1.165) is 118 Å². The second kappa shape index (κ2) is 23.8. The average Bonchev–Trinajstić information content (AvgIpc) is 3.06. The highest BCUT2D eigenvalue weighted by molar-refractivity contribution is 6.76. The molecule has 1 aromatic carbocycles. The number of carbonyl (C=O) groups excluding carboxylic acids is 1. The molecule has 1 aliphatic heterocycles. The highest BCUT2D eigenvalue weighted by Gasteiger charge is 2.20. The van der Waals surface area contributed by atoms with Crippen LogP contribution in [0.25, 0.3) is 0 Å². The Bertz CT molecular complexity index is 1290. The van der Waals surface area contributed by atoms with Crippen molar-refractivity contribution in [2.75, 3.05) is 26.6 Å². The van der Waals surface area contributed by atoms with E-state index in [1.165, 1.54) is 22.3 Å². The third-order valence-corrected chi connectivity index (χ3v) is 11.0. The highest BCUT2D eigenvalue weighted by atomic mass is 28.3. The van der Waals surface area contributed by atoms with Crippen molar-refractivity contribution in [3.8, 4) is 11.5 Å². The molecule has 1 saturated heterocycles. The van der Waals surface area contributed by atoms with Gasteiger partial charge in [0, 0.05) is 33.1 Å². The molecule has 0 bridgehead atoms. The molecule has 282 valence electrons. The van der Waals surface area contributed by atoms with E-state index in [-0.39, 0.29) is 19.1 Å². The van der Waals surface area contributed by atoms with Crippen LogP contribution in [0.15, 0.2) is 52.7 Å². The third-order valence-electron chi connectivity index (χ3n) is 9.34. The molecule has 0 aliphatic carbocycles. The number of allylic oxidation sites excluding steroid dienone is 8. The maximum absolute atomic E-state index is 11.6. The molecule has 2 rings (SSSR count). The molecule has 1 fully saturated rings. The lowest BCUT2D eigenvalue weighted by Crippen LogP contribution is -2.25. The molecule has 7 heteroatoms. The molecule has 0 amide bonds. The van der Waals surface area contributed by atoms with Gasteiger partial charge in [-0.15, -0.1) is 0 Å². The van der Waals surface area contributed by atoms with Crippen LogP contribution in [0.1, 0.15) is 122 Å². The van der Waals surface area contributed by atoms with E-state index >= 15 is 0 Å². The lowest BCUT2D eigenvalue weighted by molar-refractivity contribution is -0.143. The summed E-state index contributed by atoms with van der Waals surface area (Å²) in [7, 11) is -1.15. The first-order valence-electron chi connectivity index (χ1n) is 19.2.